The molecule has 0 aliphatic rings. The van der Waals surface area contributed by atoms with E-state index < -0.39 is 0 Å². The molecule has 0 spiro atoms. The van der Waals surface area contributed by atoms with Crippen molar-refractivity contribution in [3.05, 3.63) is 0 Å². The first-order chi connectivity index (χ1) is 5.39. The first-order valence-corrected chi connectivity index (χ1v) is 4.56. The second kappa shape index (κ2) is 3.96. The van der Waals surface area contributed by atoms with Crippen LogP contribution >= 0.6 is 0 Å². The molecule has 0 amide bonds. The highest BCUT2D eigenvalue weighted by molar-refractivity contribution is 5.04. The summed E-state index contributed by atoms with van der Waals surface area (Å²) in [7, 11) is 2.00. The number of terminal acetylenes is 1. The van der Waals surface area contributed by atoms with E-state index in [0.29, 0.717) is 0 Å². The average molecular weight is 167 g/mol. The van der Waals surface area contributed by atoms with Crippen molar-refractivity contribution >= 4 is 0 Å². The van der Waals surface area contributed by atoms with Crippen LogP contribution in [0.4, 0.5) is 0 Å². The Morgan fingerprint density at radius 2 is 1.83 bits per heavy atom. The smallest absolute Gasteiger partial charge is 0.0273 e. The Balaban J connectivity index is 4.33. The van der Waals surface area contributed by atoms with E-state index >= 15 is 0 Å². The molecule has 1 unspecified atom stereocenters. The lowest BCUT2D eigenvalue weighted by Gasteiger charge is -2.34. The molecule has 0 rings (SSSR count). The Bertz CT molecular complexity index is 170. The van der Waals surface area contributed by atoms with Crippen molar-refractivity contribution in [2.75, 3.05) is 7.05 Å². The molecule has 0 aromatic carbocycles. The van der Waals surface area contributed by atoms with Crippen LogP contribution in [0, 0.1) is 17.8 Å². The fourth-order valence-corrected chi connectivity index (χ4v) is 1.42. The Morgan fingerprint density at radius 3 is 2.08 bits per heavy atom. The van der Waals surface area contributed by atoms with Crippen LogP contribution in [0.1, 0.15) is 40.5 Å². The fourth-order valence-electron chi connectivity index (χ4n) is 1.42. The van der Waals surface area contributed by atoms with Crippen molar-refractivity contribution in [3.8, 4) is 12.3 Å². The predicted octanol–water partition coefficient (Wildman–Crippen LogP) is 2.42. The van der Waals surface area contributed by atoms with E-state index in [9.17, 15) is 0 Å². The molecule has 1 N–H and O–H groups in total. The minimum atomic E-state index is -0.00618. The number of rotatable bonds is 4. The Labute approximate surface area is 76.9 Å². The maximum absolute atomic E-state index is 5.45. The summed E-state index contributed by atoms with van der Waals surface area (Å²) in [5, 5.41) is 3.32. The van der Waals surface area contributed by atoms with Gasteiger partial charge in [-0.1, -0.05) is 6.92 Å². The van der Waals surface area contributed by atoms with Crippen molar-refractivity contribution in [3.63, 3.8) is 0 Å². The molecule has 0 bridgehead atoms. The molecule has 0 aliphatic carbocycles. The molecule has 0 aromatic heterocycles. The van der Waals surface area contributed by atoms with Gasteiger partial charge in [-0.05, 0) is 40.7 Å². The highest BCUT2D eigenvalue weighted by atomic mass is 14.9. The van der Waals surface area contributed by atoms with Gasteiger partial charge in [0.2, 0.25) is 0 Å². The van der Waals surface area contributed by atoms with E-state index in [1.807, 2.05) is 7.05 Å². The van der Waals surface area contributed by atoms with Crippen LogP contribution in [0.2, 0.25) is 0 Å². The molecule has 0 saturated carbocycles. The molecule has 0 fully saturated rings. The lowest BCUT2D eigenvalue weighted by atomic mass is 9.78. The molecule has 1 atom stereocenters. The van der Waals surface area contributed by atoms with Gasteiger partial charge < -0.3 is 5.32 Å². The van der Waals surface area contributed by atoms with Crippen LogP contribution in [0.5, 0.6) is 0 Å². The van der Waals surface area contributed by atoms with Gasteiger partial charge >= 0.3 is 0 Å². The van der Waals surface area contributed by atoms with Gasteiger partial charge in [0, 0.05) is 11.0 Å². The maximum atomic E-state index is 5.45. The quantitative estimate of drug-likeness (QED) is 0.634. The van der Waals surface area contributed by atoms with Crippen LogP contribution in [0.25, 0.3) is 0 Å². The van der Waals surface area contributed by atoms with E-state index in [-0.39, 0.29) is 11.0 Å². The highest BCUT2D eigenvalue weighted by Crippen LogP contribution is 2.28. The molecule has 0 saturated heterocycles. The molecule has 0 heterocycles. The van der Waals surface area contributed by atoms with Gasteiger partial charge in [-0.3, -0.25) is 0 Å². The van der Waals surface area contributed by atoms with Crippen LogP contribution in [-0.4, -0.2) is 12.6 Å². The van der Waals surface area contributed by atoms with Gasteiger partial charge in [0.15, 0.2) is 0 Å². The largest absolute Gasteiger partial charge is 0.314 e. The van der Waals surface area contributed by atoms with E-state index in [2.05, 4.69) is 38.9 Å². The molecular formula is C11H21N. The van der Waals surface area contributed by atoms with E-state index in [0.717, 1.165) is 12.8 Å². The zero-order chi connectivity index (χ0) is 9.83. The summed E-state index contributed by atoms with van der Waals surface area (Å²) in [6, 6.07) is 0. The molecule has 70 valence electrons. The Hall–Kier alpha value is -0.480. The molecule has 0 radical (unpaired) electrons. The SMILES string of the molecule is C#CC(C)(C)CC(C)(CC)NC. The lowest BCUT2D eigenvalue weighted by molar-refractivity contribution is 0.262. The summed E-state index contributed by atoms with van der Waals surface area (Å²) >= 11 is 0. The Morgan fingerprint density at radius 1 is 1.33 bits per heavy atom. The number of hydrogen-bond donors (Lipinski definition) is 1. The van der Waals surface area contributed by atoms with Gasteiger partial charge in [0.1, 0.15) is 0 Å². The summed E-state index contributed by atoms with van der Waals surface area (Å²) in [4.78, 5) is 0. The van der Waals surface area contributed by atoms with Crippen molar-refractivity contribution in [2.24, 2.45) is 5.41 Å². The second-order valence-corrected chi connectivity index (χ2v) is 4.37. The molecule has 1 heteroatoms. The van der Waals surface area contributed by atoms with Crippen LogP contribution in [0.15, 0.2) is 0 Å². The average Bonchev–Trinajstić information content (AvgIpc) is 2.04. The molecule has 12 heavy (non-hydrogen) atoms. The zero-order valence-corrected chi connectivity index (χ0v) is 8.99. The summed E-state index contributed by atoms with van der Waals surface area (Å²) in [6.07, 6.45) is 7.57. The minimum Gasteiger partial charge on any atom is -0.314 e. The van der Waals surface area contributed by atoms with Gasteiger partial charge in [-0.2, -0.15) is 0 Å². The maximum Gasteiger partial charge on any atom is 0.0273 e. The van der Waals surface area contributed by atoms with Gasteiger partial charge in [0.25, 0.3) is 0 Å². The third kappa shape index (κ3) is 3.28. The summed E-state index contributed by atoms with van der Waals surface area (Å²) < 4.78 is 0. The monoisotopic (exact) mass is 167 g/mol. The van der Waals surface area contributed by atoms with Crippen LogP contribution in [-0.2, 0) is 0 Å². The third-order valence-corrected chi connectivity index (χ3v) is 2.61. The number of nitrogens with one attached hydrogen (secondary N) is 1. The van der Waals surface area contributed by atoms with Crippen molar-refractivity contribution < 1.29 is 0 Å². The van der Waals surface area contributed by atoms with Crippen molar-refractivity contribution in [1.82, 2.24) is 5.32 Å². The zero-order valence-electron chi connectivity index (χ0n) is 8.99. The third-order valence-electron chi connectivity index (χ3n) is 2.61. The van der Waals surface area contributed by atoms with Crippen LogP contribution < -0.4 is 5.32 Å². The first kappa shape index (κ1) is 11.5. The van der Waals surface area contributed by atoms with Gasteiger partial charge in [-0.15, -0.1) is 12.3 Å². The van der Waals surface area contributed by atoms with Gasteiger partial charge in [0.05, 0.1) is 0 Å². The van der Waals surface area contributed by atoms with Gasteiger partial charge in [-0.25, -0.2) is 0 Å². The highest BCUT2D eigenvalue weighted by Gasteiger charge is 2.28. The topological polar surface area (TPSA) is 12.0 Å². The van der Waals surface area contributed by atoms with Crippen molar-refractivity contribution in [2.45, 2.75) is 46.1 Å². The number of hydrogen-bond acceptors (Lipinski definition) is 1. The molecule has 0 aliphatic heterocycles. The summed E-state index contributed by atoms with van der Waals surface area (Å²) in [5.74, 6) is 2.83. The predicted molar refractivity (Wildman–Crippen MR) is 55.0 cm³/mol. The van der Waals surface area contributed by atoms with Crippen LogP contribution in [0.3, 0.4) is 0 Å². The van der Waals surface area contributed by atoms with E-state index in [1.54, 1.807) is 0 Å². The van der Waals surface area contributed by atoms with Crippen molar-refractivity contribution in [1.29, 1.82) is 0 Å². The van der Waals surface area contributed by atoms with E-state index in [4.69, 9.17) is 6.42 Å². The van der Waals surface area contributed by atoms with E-state index in [1.165, 1.54) is 0 Å². The summed E-state index contributed by atoms with van der Waals surface area (Å²) in [6.45, 7) is 8.62. The standard InChI is InChI=1S/C11H21N/c1-7-10(3,4)9-11(5,8-2)12-6/h1,12H,8-9H2,2-6H3. The first-order valence-electron chi connectivity index (χ1n) is 4.56. The molecular weight excluding hydrogens is 146 g/mol. The minimum absolute atomic E-state index is 0.00618. The fraction of sp³-hybridized carbons (Fsp3) is 0.818. The lowest BCUT2D eigenvalue weighted by Crippen LogP contribution is -2.42. The molecule has 1 nitrogen and oxygen atoms in total. The normalized spacial score (nSPS) is 16.7. The second-order valence-electron chi connectivity index (χ2n) is 4.37. The Kier molecular flexibility index (Phi) is 3.80. The molecule has 0 aromatic rings. The summed E-state index contributed by atoms with van der Waals surface area (Å²) in [5.41, 5.74) is 0.170.